The predicted octanol–water partition coefficient (Wildman–Crippen LogP) is 2.39. The molecule has 1 aromatic heterocycles. The first-order valence-corrected chi connectivity index (χ1v) is 7.04. The molecule has 0 unspecified atom stereocenters. The van der Waals surface area contributed by atoms with E-state index in [1.165, 1.54) is 0 Å². The van der Waals surface area contributed by atoms with E-state index in [-0.39, 0.29) is 23.6 Å². The van der Waals surface area contributed by atoms with Gasteiger partial charge in [0.05, 0.1) is 5.60 Å². The molecule has 1 aliphatic carbocycles. The second-order valence-electron chi connectivity index (χ2n) is 6.54. The molecule has 118 valence electrons. The summed E-state index contributed by atoms with van der Waals surface area (Å²) in [5.41, 5.74) is 1.40. The van der Waals surface area contributed by atoms with Crippen molar-refractivity contribution in [2.75, 3.05) is 17.3 Å². The number of aliphatic hydroxyl groups is 1. The average molecular weight is 300 g/mol. The molecular weight excluding hydrogens is 278 g/mol. The predicted molar refractivity (Wildman–Crippen MR) is 77.7 cm³/mol. The van der Waals surface area contributed by atoms with Gasteiger partial charge in [0.1, 0.15) is 0 Å². The molecule has 2 rings (SSSR count). The third-order valence-corrected chi connectivity index (χ3v) is 4.19. The lowest BCUT2D eigenvalue weighted by Crippen LogP contribution is -2.42. The molecule has 0 radical (unpaired) electrons. The number of rotatable bonds is 4. The summed E-state index contributed by atoms with van der Waals surface area (Å²) < 4.78 is 26.9. The summed E-state index contributed by atoms with van der Waals surface area (Å²) in [6.45, 7) is 4.50. The molecular formula is C14H22F2N4O. The van der Waals surface area contributed by atoms with E-state index >= 15 is 0 Å². The molecule has 0 aromatic carbocycles. The minimum absolute atomic E-state index is 0.123. The first-order valence-electron chi connectivity index (χ1n) is 7.04. The maximum atomic E-state index is 13.7. The molecule has 1 fully saturated rings. The molecule has 1 aromatic rings. The molecule has 0 saturated heterocycles. The Kier molecular flexibility index (Phi) is 4.34. The van der Waals surface area contributed by atoms with Crippen molar-refractivity contribution in [3.8, 4) is 0 Å². The largest absolute Gasteiger partial charge is 0.388 e. The molecule has 5 N–H and O–H groups in total. The number of aromatic nitrogens is 1. The van der Waals surface area contributed by atoms with Crippen molar-refractivity contribution in [1.29, 1.82) is 0 Å². The molecule has 1 aliphatic rings. The molecule has 0 bridgehead atoms. The van der Waals surface area contributed by atoms with Crippen LogP contribution in [0.2, 0.25) is 0 Å². The molecule has 21 heavy (non-hydrogen) atoms. The van der Waals surface area contributed by atoms with Crippen molar-refractivity contribution in [1.82, 2.24) is 4.98 Å². The zero-order valence-electron chi connectivity index (χ0n) is 12.3. The molecule has 5 nitrogen and oxygen atoms in total. The maximum absolute atomic E-state index is 13.7. The number of hydrogen-bond donors (Lipinski definition) is 4. The van der Waals surface area contributed by atoms with Crippen molar-refractivity contribution >= 4 is 11.6 Å². The van der Waals surface area contributed by atoms with Crippen LogP contribution in [0.1, 0.15) is 39.5 Å². The van der Waals surface area contributed by atoms with Crippen molar-refractivity contribution in [2.45, 2.75) is 45.1 Å². The number of anilines is 2. The monoisotopic (exact) mass is 300 g/mol. The molecule has 0 atom stereocenters. The van der Waals surface area contributed by atoms with Gasteiger partial charge in [-0.3, -0.25) is 0 Å². The van der Waals surface area contributed by atoms with E-state index in [0.717, 1.165) is 12.8 Å². The van der Waals surface area contributed by atoms with Gasteiger partial charge in [-0.1, -0.05) is 13.8 Å². The first-order chi connectivity index (χ1) is 9.75. The fourth-order valence-corrected chi connectivity index (χ4v) is 2.51. The van der Waals surface area contributed by atoms with Crippen LogP contribution >= 0.6 is 0 Å². The minimum atomic E-state index is -0.895. The van der Waals surface area contributed by atoms with E-state index in [2.05, 4.69) is 29.6 Å². The summed E-state index contributed by atoms with van der Waals surface area (Å²) in [4.78, 5) is 3.73. The van der Waals surface area contributed by atoms with Crippen molar-refractivity contribution < 1.29 is 13.9 Å². The molecule has 0 amide bonds. The molecule has 1 saturated carbocycles. The van der Waals surface area contributed by atoms with Crippen LogP contribution in [0.4, 0.5) is 20.4 Å². The summed E-state index contributed by atoms with van der Waals surface area (Å²) in [6.07, 6.45) is 3.08. The van der Waals surface area contributed by atoms with E-state index in [4.69, 9.17) is 5.84 Å². The summed E-state index contributed by atoms with van der Waals surface area (Å²) in [7, 11) is 0. The summed E-state index contributed by atoms with van der Waals surface area (Å²) >= 11 is 0. The van der Waals surface area contributed by atoms with Gasteiger partial charge in [-0.25, -0.2) is 19.6 Å². The van der Waals surface area contributed by atoms with E-state index in [0.29, 0.717) is 18.9 Å². The Bertz CT molecular complexity index is 512. The highest BCUT2D eigenvalue weighted by Crippen LogP contribution is 2.40. The number of halogens is 2. The van der Waals surface area contributed by atoms with Crippen LogP contribution < -0.4 is 16.6 Å². The number of nitrogens with one attached hydrogen (secondary N) is 2. The van der Waals surface area contributed by atoms with Crippen LogP contribution in [-0.2, 0) is 0 Å². The summed E-state index contributed by atoms with van der Waals surface area (Å²) in [5, 5.41) is 13.3. The van der Waals surface area contributed by atoms with Crippen molar-refractivity contribution in [3.63, 3.8) is 0 Å². The van der Waals surface area contributed by atoms with Crippen molar-refractivity contribution in [3.05, 3.63) is 17.7 Å². The second-order valence-corrected chi connectivity index (χ2v) is 6.54. The van der Waals surface area contributed by atoms with Crippen LogP contribution in [-0.4, -0.2) is 22.2 Å². The number of nitrogens with zero attached hydrogens (tertiary/aromatic N) is 1. The normalized spacial score (nSPS) is 20.1. The van der Waals surface area contributed by atoms with Gasteiger partial charge < -0.3 is 15.8 Å². The van der Waals surface area contributed by atoms with Gasteiger partial charge in [0.2, 0.25) is 0 Å². The van der Waals surface area contributed by atoms with Gasteiger partial charge in [-0.15, -0.1) is 0 Å². The smallest absolute Gasteiger partial charge is 0.178 e. The Labute approximate surface area is 122 Å². The minimum Gasteiger partial charge on any atom is -0.388 e. The van der Waals surface area contributed by atoms with Gasteiger partial charge in [0.15, 0.2) is 23.3 Å². The van der Waals surface area contributed by atoms with E-state index in [1.807, 2.05) is 0 Å². The number of hydrogen-bond acceptors (Lipinski definition) is 5. The Balaban J connectivity index is 2.03. The highest BCUT2D eigenvalue weighted by molar-refractivity contribution is 5.47. The van der Waals surface area contributed by atoms with Crippen LogP contribution in [0.25, 0.3) is 0 Å². The maximum Gasteiger partial charge on any atom is 0.178 e. The Morgan fingerprint density at radius 2 is 1.76 bits per heavy atom. The first kappa shape index (κ1) is 15.9. The quantitative estimate of drug-likeness (QED) is 0.507. The fourth-order valence-electron chi connectivity index (χ4n) is 2.51. The lowest BCUT2D eigenvalue weighted by molar-refractivity contribution is -0.0146. The van der Waals surface area contributed by atoms with Crippen LogP contribution in [0.5, 0.6) is 0 Å². The Hall–Kier alpha value is -1.47. The van der Waals surface area contributed by atoms with Crippen LogP contribution in [0.15, 0.2) is 6.07 Å². The van der Waals surface area contributed by atoms with E-state index in [1.54, 1.807) is 0 Å². The molecule has 0 aliphatic heterocycles. The highest BCUT2D eigenvalue weighted by atomic mass is 19.1. The lowest BCUT2D eigenvalue weighted by atomic mass is 9.71. The third-order valence-electron chi connectivity index (χ3n) is 4.19. The molecule has 7 heteroatoms. The third kappa shape index (κ3) is 3.79. The number of hydrazine groups is 1. The van der Waals surface area contributed by atoms with Gasteiger partial charge >= 0.3 is 0 Å². The molecule has 1 heterocycles. The van der Waals surface area contributed by atoms with E-state index < -0.39 is 17.2 Å². The number of nitrogen functional groups attached to an aromatic ring is 1. The highest BCUT2D eigenvalue weighted by Gasteiger charge is 2.36. The Morgan fingerprint density at radius 3 is 2.33 bits per heavy atom. The van der Waals surface area contributed by atoms with Crippen LogP contribution in [0, 0.1) is 17.0 Å². The number of pyridine rings is 1. The molecule has 0 spiro atoms. The lowest BCUT2D eigenvalue weighted by Gasteiger charge is -2.40. The standard InChI is InChI=1S/C14H22F2N4O/c1-13(2)3-5-14(21,6-4-13)8-18-11-9(15)7-10(16)12(19-11)20-17/h7,21H,3-6,8,17H2,1-2H3,(H2,18,19,20). The van der Waals surface area contributed by atoms with Gasteiger partial charge in [-0.05, 0) is 31.1 Å². The summed E-state index contributed by atoms with van der Waals surface area (Å²) in [5.74, 6) is 3.07. The zero-order valence-corrected chi connectivity index (χ0v) is 12.3. The van der Waals surface area contributed by atoms with Crippen LogP contribution in [0.3, 0.4) is 0 Å². The topological polar surface area (TPSA) is 83.2 Å². The Morgan fingerprint density at radius 1 is 1.19 bits per heavy atom. The van der Waals surface area contributed by atoms with Gasteiger partial charge in [0.25, 0.3) is 0 Å². The number of nitrogens with two attached hydrogens (primary N) is 1. The van der Waals surface area contributed by atoms with E-state index in [9.17, 15) is 13.9 Å². The van der Waals surface area contributed by atoms with Crippen molar-refractivity contribution in [2.24, 2.45) is 11.3 Å². The average Bonchev–Trinajstić information content (AvgIpc) is 2.42. The second kappa shape index (κ2) is 5.73. The SMILES string of the molecule is CC1(C)CCC(O)(CNc2nc(NN)c(F)cc2F)CC1. The zero-order chi connectivity index (χ0) is 15.7. The van der Waals surface area contributed by atoms with Gasteiger partial charge in [-0.2, -0.15) is 0 Å². The van der Waals surface area contributed by atoms with Gasteiger partial charge in [0, 0.05) is 12.6 Å². The fraction of sp³-hybridized carbons (Fsp3) is 0.643. The summed E-state index contributed by atoms with van der Waals surface area (Å²) in [6, 6.07) is 0.707.